The second-order valence-electron chi connectivity index (χ2n) is 4.06. The Balaban J connectivity index is 2.05. The second kappa shape index (κ2) is 6.52. The number of carbonyl (C=O) groups is 2. The monoisotopic (exact) mass is 270 g/mol. The van der Waals surface area contributed by atoms with Gasteiger partial charge in [0.25, 0.3) is 0 Å². The summed E-state index contributed by atoms with van der Waals surface area (Å²) in [5, 5.41) is 1.81. The van der Waals surface area contributed by atoms with Crippen LogP contribution in [0.2, 0.25) is 0 Å². The molecule has 2 aromatic rings. The Morgan fingerprint density at radius 1 is 1.10 bits per heavy atom. The van der Waals surface area contributed by atoms with Gasteiger partial charge in [-0.3, -0.25) is 0 Å². The molecule has 0 unspecified atom stereocenters. The molecule has 0 aliphatic rings. The van der Waals surface area contributed by atoms with Gasteiger partial charge in [-0.25, -0.2) is 9.59 Å². The van der Waals surface area contributed by atoms with Crippen molar-refractivity contribution in [2.75, 3.05) is 6.61 Å². The lowest BCUT2D eigenvalue weighted by Gasteiger charge is -2.07. The topological polar surface area (TPSA) is 52.6 Å². The number of hydrogen-bond acceptors (Lipinski definition) is 4. The molecule has 4 nitrogen and oxygen atoms in total. The fraction of sp³-hybridized carbons (Fsp3) is 0.125. The number of benzene rings is 2. The van der Waals surface area contributed by atoms with Crippen LogP contribution in [0.15, 0.2) is 54.6 Å². The molecule has 0 amide bonds. The van der Waals surface area contributed by atoms with Crippen molar-refractivity contribution >= 4 is 22.7 Å². The molecular formula is C16H14O4. The summed E-state index contributed by atoms with van der Waals surface area (Å²) in [6.45, 7) is 1.28. The highest BCUT2D eigenvalue weighted by atomic mass is 16.6. The van der Waals surface area contributed by atoms with E-state index in [4.69, 9.17) is 9.47 Å². The van der Waals surface area contributed by atoms with Crippen LogP contribution < -0.4 is 4.74 Å². The van der Waals surface area contributed by atoms with Gasteiger partial charge in [0.1, 0.15) is 5.75 Å². The first kappa shape index (κ1) is 13.8. The summed E-state index contributed by atoms with van der Waals surface area (Å²) >= 11 is 0. The van der Waals surface area contributed by atoms with Crippen LogP contribution in [0.5, 0.6) is 5.75 Å². The van der Waals surface area contributed by atoms with Crippen molar-refractivity contribution in [2.45, 2.75) is 6.92 Å². The van der Waals surface area contributed by atoms with Gasteiger partial charge in [-0.1, -0.05) is 42.5 Å². The lowest BCUT2D eigenvalue weighted by Crippen LogP contribution is -2.17. The summed E-state index contributed by atoms with van der Waals surface area (Å²) in [5.74, 6) is -0.725. The third-order valence-electron chi connectivity index (χ3n) is 2.61. The molecule has 0 aliphatic carbocycles. The number of ether oxygens (including phenoxy) is 2. The number of fused-ring (bicyclic) bond motifs is 1. The minimum absolute atomic E-state index is 0.410. The summed E-state index contributed by atoms with van der Waals surface area (Å²) < 4.78 is 9.94. The largest absolute Gasteiger partial charge is 0.451 e. The van der Waals surface area contributed by atoms with E-state index in [1.165, 1.54) is 6.08 Å². The van der Waals surface area contributed by atoms with Crippen molar-refractivity contribution in [3.05, 3.63) is 54.6 Å². The molecule has 0 atom stereocenters. The predicted octanol–water partition coefficient (Wildman–Crippen LogP) is 2.86. The van der Waals surface area contributed by atoms with E-state index < -0.39 is 18.5 Å². The molecule has 0 saturated carbocycles. The lowest BCUT2D eigenvalue weighted by atomic mass is 10.1. The Morgan fingerprint density at radius 3 is 2.65 bits per heavy atom. The molecule has 0 N–H and O–H groups in total. The number of carbonyl (C=O) groups excluding carboxylic acids is 2. The minimum Gasteiger partial charge on any atom is -0.451 e. The van der Waals surface area contributed by atoms with Crippen molar-refractivity contribution in [3.63, 3.8) is 0 Å². The van der Waals surface area contributed by atoms with Crippen LogP contribution in [0.3, 0.4) is 0 Å². The summed E-state index contributed by atoms with van der Waals surface area (Å²) in [6.07, 6.45) is 2.78. The van der Waals surface area contributed by atoms with Crippen molar-refractivity contribution in [3.8, 4) is 5.75 Å². The molecule has 4 heteroatoms. The van der Waals surface area contributed by atoms with E-state index in [9.17, 15) is 9.59 Å². The summed E-state index contributed by atoms with van der Waals surface area (Å²) in [5.41, 5.74) is 0. The van der Waals surface area contributed by atoms with E-state index in [1.54, 1.807) is 25.1 Å². The third-order valence-corrected chi connectivity index (χ3v) is 2.61. The average Bonchev–Trinajstić information content (AvgIpc) is 2.46. The molecule has 0 heterocycles. The molecule has 0 aromatic heterocycles. The van der Waals surface area contributed by atoms with Crippen LogP contribution in [-0.4, -0.2) is 18.5 Å². The van der Waals surface area contributed by atoms with Gasteiger partial charge in [0, 0.05) is 11.5 Å². The van der Waals surface area contributed by atoms with E-state index >= 15 is 0 Å². The number of allylic oxidation sites excluding steroid dienone is 1. The van der Waals surface area contributed by atoms with Gasteiger partial charge < -0.3 is 9.47 Å². The first-order chi connectivity index (χ1) is 9.70. The first-order valence-corrected chi connectivity index (χ1v) is 6.18. The van der Waals surface area contributed by atoms with Gasteiger partial charge in [0.05, 0.1) is 0 Å². The van der Waals surface area contributed by atoms with Crippen LogP contribution in [-0.2, 0) is 14.3 Å². The van der Waals surface area contributed by atoms with E-state index in [0.29, 0.717) is 5.75 Å². The van der Waals surface area contributed by atoms with Gasteiger partial charge in [0.2, 0.25) is 0 Å². The fourth-order valence-electron chi connectivity index (χ4n) is 1.75. The molecule has 2 aromatic carbocycles. The Morgan fingerprint density at radius 2 is 1.85 bits per heavy atom. The molecule has 0 fully saturated rings. The smallest absolute Gasteiger partial charge is 0.349 e. The molecule has 0 saturated heterocycles. The normalized spacial score (nSPS) is 10.7. The Hall–Kier alpha value is -2.62. The van der Waals surface area contributed by atoms with Gasteiger partial charge in [0.15, 0.2) is 6.61 Å². The van der Waals surface area contributed by atoms with Gasteiger partial charge >= 0.3 is 11.9 Å². The van der Waals surface area contributed by atoms with Crippen molar-refractivity contribution < 1.29 is 19.1 Å². The Kier molecular flexibility index (Phi) is 4.50. The zero-order chi connectivity index (χ0) is 14.4. The van der Waals surface area contributed by atoms with E-state index in [1.807, 2.05) is 30.3 Å². The summed E-state index contributed by atoms with van der Waals surface area (Å²) in [7, 11) is 0. The third kappa shape index (κ3) is 3.45. The van der Waals surface area contributed by atoms with Crippen LogP contribution in [0.1, 0.15) is 6.92 Å². The summed E-state index contributed by atoms with van der Waals surface area (Å²) in [6, 6.07) is 13.0. The van der Waals surface area contributed by atoms with Gasteiger partial charge in [-0.2, -0.15) is 0 Å². The van der Waals surface area contributed by atoms with Crippen molar-refractivity contribution in [2.24, 2.45) is 0 Å². The highest BCUT2D eigenvalue weighted by Crippen LogP contribution is 2.25. The maximum absolute atomic E-state index is 11.6. The molecular weight excluding hydrogens is 256 g/mol. The fourth-order valence-corrected chi connectivity index (χ4v) is 1.75. The molecule has 102 valence electrons. The number of rotatable bonds is 4. The van der Waals surface area contributed by atoms with E-state index in [0.717, 1.165) is 10.8 Å². The molecule has 0 bridgehead atoms. The second-order valence-corrected chi connectivity index (χ2v) is 4.06. The molecule has 2 rings (SSSR count). The zero-order valence-electron chi connectivity index (χ0n) is 11.0. The summed E-state index contributed by atoms with van der Waals surface area (Å²) in [4.78, 5) is 22.7. The van der Waals surface area contributed by atoms with E-state index in [-0.39, 0.29) is 0 Å². The Bertz CT molecular complexity index is 653. The lowest BCUT2D eigenvalue weighted by molar-refractivity contribution is -0.150. The first-order valence-electron chi connectivity index (χ1n) is 6.18. The van der Waals surface area contributed by atoms with Crippen LogP contribution in [0.25, 0.3) is 10.8 Å². The number of hydrogen-bond donors (Lipinski definition) is 0. The average molecular weight is 270 g/mol. The van der Waals surface area contributed by atoms with Crippen LogP contribution in [0.4, 0.5) is 0 Å². The highest BCUT2D eigenvalue weighted by Gasteiger charge is 2.09. The predicted molar refractivity (Wildman–Crippen MR) is 75.4 cm³/mol. The molecule has 20 heavy (non-hydrogen) atoms. The minimum atomic E-state index is -0.612. The molecule has 0 radical (unpaired) electrons. The Labute approximate surface area is 116 Å². The standard InChI is InChI=1S/C16H14O4/c1-2-6-15(17)19-11-16(18)20-14-10-5-8-12-7-3-4-9-13(12)14/h2-10H,11H2,1H3/b6-2-. The van der Waals surface area contributed by atoms with Crippen LogP contribution >= 0.6 is 0 Å². The van der Waals surface area contributed by atoms with Gasteiger partial charge in [-0.05, 0) is 18.4 Å². The van der Waals surface area contributed by atoms with Crippen molar-refractivity contribution in [1.29, 1.82) is 0 Å². The maximum Gasteiger partial charge on any atom is 0.349 e. The quantitative estimate of drug-likeness (QED) is 0.487. The SMILES string of the molecule is C/C=C\C(=O)OCC(=O)Oc1cccc2ccccc12. The van der Waals surface area contributed by atoms with Crippen molar-refractivity contribution in [1.82, 2.24) is 0 Å². The van der Waals surface area contributed by atoms with E-state index in [2.05, 4.69) is 0 Å². The van der Waals surface area contributed by atoms with Gasteiger partial charge in [-0.15, -0.1) is 0 Å². The zero-order valence-corrected chi connectivity index (χ0v) is 11.0. The molecule has 0 aliphatic heterocycles. The number of esters is 2. The highest BCUT2D eigenvalue weighted by molar-refractivity contribution is 5.91. The molecule has 0 spiro atoms. The maximum atomic E-state index is 11.6. The van der Waals surface area contributed by atoms with Crippen LogP contribution in [0, 0.1) is 0 Å².